The van der Waals surface area contributed by atoms with Crippen LogP contribution < -0.4 is 0 Å². The molecule has 0 aliphatic carbocycles. The second kappa shape index (κ2) is 4.31. The Morgan fingerprint density at radius 3 is 2.81 bits per heavy atom. The van der Waals surface area contributed by atoms with E-state index in [4.69, 9.17) is 0 Å². The van der Waals surface area contributed by atoms with Crippen LogP contribution in [0.4, 0.5) is 8.78 Å². The van der Waals surface area contributed by atoms with Crippen molar-refractivity contribution in [3.63, 3.8) is 0 Å². The van der Waals surface area contributed by atoms with Gasteiger partial charge in [-0.15, -0.1) is 5.10 Å². The van der Waals surface area contributed by atoms with Crippen molar-refractivity contribution in [3.8, 4) is 11.4 Å². The van der Waals surface area contributed by atoms with Crippen molar-refractivity contribution in [1.82, 2.24) is 19.6 Å². The van der Waals surface area contributed by atoms with Crippen LogP contribution in [-0.4, -0.2) is 19.6 Å². The third-order valence-electron chi connectivity index (χ3n) is 3.26. The highest BCUT2D eigenvalue weighted by molar-refractivity contribution is 5.94. The fraction of sp³-hybridized carbons (Fsp3) is 0. The summed E-state index contributed by atoms with van der Waals surface area (Å²) in [5.74, 6) is -1.14. The molecule has 4 aromatic rings. The molecule has 0 atom stereocenters. The fourth-order valence-corrected chi connectivity index (χ4v) is 2.32. The molecule has 1 aromatic carbocycles. The molecule has 4 rings (SSSR count). The molecule has 0 radical (unpaired) electrons. The van der Waals surface area contributed by atoms with Gasteiger partial charge in [-0.05, 0) is 5.39 Å². The quantitative estimate of drug-likeness (QED) is 0.538. The van der Waals surface area contributed by atoms with Gasteiger partial charge >= 0.3 is 0 Å². The van der Waals surface area contributed by atoms with Crippen LogP contribution in [0.5, 0.6) is 0 Å². The SMILES string of the molecule is Fc1cc(F)c2nc(-c3cncc4ccccc34)nn2c1. The maximum absolute atomic E-state index is 13.7. The van der Waals surface area contributed by atoms with Crippen LogP contribution in [0.2, 0.25) is 0 Å². The summed E-state index contributed by atoms with van der Waals surface area (Å²) in [7, 11) is 0. The summed E-state index contributed by atoms with van der Waals surface area (Å²) < 4.78 is 28.0. The van der Waals surface area contributed by atoms with Gasteiger partial charge in [0.05, 0.1) is 6.20 Å². The van der Waals surface area contributed by atoms with E-state index in [0.29, 0.717) is 11.4 Å². The van der Waals surface area contributed by atoms with Gasteiger partial charge in [0.15, 0.2) is 17.3 Å². The van der Waals surface area contributed by atoms with Gasteiger partial charge in [0.1, 0.15) is 5.82 Å². The Labute approximate surface area is 117 Å². The highest BCUT2D eigenvalue weighted by Crippen LogP contribution is 2.25. The summed E-state index contributed by atoms with van der Waals surface area (Å²) in [6.07, 6.45) is 4.44. The molecule has 0 aliphatic heterocycles. The molecule has 0 N–H and O–H groups in total. The zero-order valence-electron chi connectivity index (χ0n) is 10.7. The summed E-state index contributed by atoms with van der Waals surface area (Å²) in [6.45, 7) is 0. The number of hydrogen-bond acceptors (Lipinski definition) is 3. The lowest BCUT2D eigenvalue weighted by molar-refractivity contribution is 0.572. The molecule has 0 amide bonds. The van der Waals surface area contributed by atoms with E-state index in [-0.39, 0.29) is 5.65 Å². The summed E-state index contributed by atoms with van der Waals surface area (Å²) >= 11 is 0. The molecular formula is C15H8F2N4. The summed E-state index contributed by atoms with van der Waals surface area (Å²) in [6, 6.07) is 8.41. The summed E-state index contributed by atoms with van der Waals surface area (Å²) in [5.41, 5.74) is 0.663. The number of nitrogens with zero attached hydrogens (tertiary/aromatic N) is 4. The molecule has 0 aliphatic rings. The minimum atomic E-state index is -0.748. The lowest BCUT2D eigenvalue weighted by atomic mass is 10.1. The number of halogens is 2. The van der Waals surface area contributed by atoms with Crippen LogP contribution >= 0.6 is 0 Å². The van der Waals surface area contributed by atoms with Crippen LogP contribution in [0, 0.1) is 11.6 Å². The number of fused-ring (bicyclic) bond motifs is 2. The van der Waals surface area contributed by atoms with Crippen molar-refractivity contribution in [2.75, 3.05) is 0 Å². The maximum atomic E-state index is 13.7. The molecule has 0 saturated carbocycles. The third-order valence-corrected chi connectivity index (χ3v) is 3.26. The van der Waals surface area contributed by atoms with E-state index in [1.807, 2.05) is 24.3 Å². The molecule has 6 heteroatoms. The number of hydrogen-bond donors (Lipinski definition) is 0. The molecule has 0 saturated heterocycles. The van der Waals surface area contributed by atoms with E-state index in [9.17, 15) is 8.78 Å². The van der Waals surface area contributed by atoms with E-state index < -0.39 is 11.6 Å². The Hall–Kier alpha value is -2.89. The van der Waals surface area contributed by atoms with Crippen molar-refractivity contribution >= 4 is 16.4 Å². The monoisotopic (exact) mass is 282 g/mol. The fourth-order valence-electron chi connectivity index (χ4n) is 2.32. The lowest BCUT2D eigenvalue weighted by Gasteiger charge is -2.01. The zero-order chi connectivity index (χ0) is 14.4. The Morgan fingerprint density at radius 1 is 1.05 bits per heavy atom. The number of rotatable bonds is 1. The second-order valence-electron chi connectivity index (χ2n) is 4.62. The lowest BCUT2D eigenvalue weighted by Crippen LogP contribution is -1.92. The van der Waals surface area contributed by atoms with E-state index in [1.165, 1.54) is 0 Å². The highest BCUT2D eigenvalue weighted by Gasteiger charge is 2.13. The van der Waals surface area contributed by atoms with Gasteiger partial charge in [0.2, 0.25) is 0 Å². The number of benzene rings is 1. The predicted octanol–water partition coefficient (Wildman–Crippen LogP) is 3.22. The first-order valence-corrected chi connectivity index (χ1v) is 6.27. The van der Waals surface area contributed by atoms with Gasteiger partial charge in [-0.3, -0.25) is 4.98 Å². The van der Waals surface area contributed by atoms with Crippen molar-refractivity contribution < 1.29 is 8.78 Å². The number of pyridine rings is 2. The van der Waals surface area contributed by atoms with Crippen molar-refractivity contribution in [2.24, 2.45) is 0 Å². The molecule has 3 aromatic heterocycles. The Kier molecular flexibility index (Phi) is 2.44. The number of aromatic nitrogens is 4. The Balaban J connectivity index is 2.03. The van der Waals surface area contributed by atoms with E-state index >= 15 is 0 Å². The van der Waals surface area contributed by atoms with Gasteiger partial charge in [-0.1, -0.05) is 24.3 Å². The maximum Gasteiger partial charge on any atom is 0.192 e. The van der Waals surface area contributed by atoms with Crippen LogP contribution in [0.15, 0.2) is 48.9 Å². The van der Waals surface area contributed by atoms with Gasteiger partial charge in [0.25, 0.3) is 0 Å². The largest absolute Gasteiger partial charge is 0.263 e. The first-order valence-electron chi connectivity index (χ1n) is 6.27. The molecule has 3 heterocycles. The molecule has 0 unspecified atom stereocenters. The van der Waals surface area contributed by atoms with Gasteiger partial charge in [-0.25, -0.2) is 18.3 Å². The van der Waals surface area contributed by atoms with Crippen molar-refractivity contribution in [3.05, 3.63) is 60.6 Å². The zero-order valence-corrected chi connectivity index (χ0v) is 10.7. The van der Waals surface area contributed by atoms with Crippen LogP contribution in [0.1, 0.15) is 0 Å². The first kappa shape index (κ1) is 11.9. The molecule has 0 fully saturated rings. The topological polar surface area (TPSA) is 43.1 Å². The molecule has 0 bridgehead atoms. The average molecular weight is 282 g/mol. The van der Waals surface area contributed by atoms with E-state index in [1.54, 1.807) is 12.4 Å². The average Bonchev–Trinajstić information content (AvgIpc) is 2.90. The van der Waals surface area contributed by atoms with Gasteiger partial charge in [-0.2, -0.15) is 0 Å². The molecule has 4 nitrogen and oxygen atoms in total. The Bertz CT molecular complexity index is 973. The summed E-state index contributed by atoms with van der Waals surface area (Å²) in [4.78, 5) is 8.29. The van der Waals surface area contributed by atoms with E-state index in [2.05, 4.69) is 15.1 Å². The standard InChI is InChI=1S/C15H8F2N4/c16-10-5-13(17)15-19-14(20-21(15)8-10)12-7-18-6-9-3-1-2-4-11(9)12/h1-8H. The molecule has 21 heavy (non-hydrogen) atoms. The molecular weight excluding hydrogens is 274 g/mol. The first-order chi connectivity index (χ1) is 10.2. The minimum Gasteiger partial charge on any atom is -0.263 e. The van der Waals surface area contributed by atoms with Crippen LogP contribution in [-0.2, 0) is 0 Å². The third kappa shape index (κ3) is 1.84. The molecule has 0 spiro atoms. The van der Waals surface area contributed by atoms with E-state index in [0.717, 1.165) is 27.6 Å². The smallest absolute Gasteiger partial charge is 0.192 e. The van der Waals surface area contributed by atoms with Crippen LogP contribution in [0.3, 0.4) is 0 Å². The van der Waals surface area contributed by atoms with Gasteiger partial charge in [0, 0.05) is 29.4 Å². The summed E-state index contributed by atoms with van der Waals surface area (Å²) in [5, 5.41) is 5.98. The minimum absolute atomic E-state index is 0.0145. The van der Waals surface area contributed by atoms with Crippen LogP contribution in [0.25, 0.3) is 27.8 Å². The van der Waals surface area contributed by atoms with Crippen molar-refractivity contribution in [1.29, 1.82) is 0 Å². The second-order valence-corrected chi connectivity index (χ2v) is 4.62. The highest BCUT2D eigenvalue weighted by atomic mass is 19.1. The molecule has 102 valence electrons. The van der Waals surface area contributed by atoms with Gasteiger partial charge < -0.3 is 0 Å². The Morgan fingerprint density at radius 2 is 1.90 bits per heavy atom. The van der Waals surface area contributed by atoms with Crippen molar-refractivity contribution in [2.45, 2.75) is 0 Å². The normalized spacial score (nSPS) is 11.3. The predicted molar refractivity (Wildman–Crippen MR) is 73.6 cm³/mol.